The smallest absolute Gasteiger partial charge is 0.00187 e. The maximum Gasteiger partial charge on any atom is -0.00187 e. The van der Waals surface area contributed by atoms with Crippen molar-refractivity contribution in [1.29, 1.82) is 0 Å². The highest BCUT2D eigenvalue weighted by molar-refractivity contribution is 4.60. The molecule has 0 fully saturated rings. The van der Waals surface area contributed by atoms with Gasteiger partial charge >= 0.3 is 0 Å². The Balaban J connectivity index is 3.54. The molecule has 170 valence electrons. The van der Waals surface area contributed by atoms with Crippen molar-refractivity contribution in [3.8, 4) is 0 Å². The normalized spacial score (nSPS) is 11.8. The van der Waals surface area contributed by atoms with Gasteiger partial charge in [-0.1, -0.05) is 130 Å². The van der Waals surface area contributed by atoms with E-state index in [2.05, 4.69) is 32.6 Å². The summed E-state index contributed by atoms with van der Waals surface area (Å²) in [4.78, 5) is 2.78. The summed E-state index contributed by atoms with van der Waals surface area (Å²) in [6.07, 6.45) is 27.3. The molecule has 0 unspecified atom stereocenters. The van der Waals surface area contributed by atoms with E-state index >= 15 is 0 Å². The van der Waals surface area contributed by atoms with Crippen LogP contribution in [0.4, 0.5) is 0 Å². The van der Waals surface area contributed by atoms with E-state index in [4.69, 9.17) is 0 Å². The molecule has 0 aliphatic rings. The zero-order chi connectivity index (χ0) is 20.7. The first-order valence-corrected chi connectivity index (χ1v) is 13.4. The molecule has 0 atom stereocenters. The monoisotopic (exact) mass is 395 g/mol. The van der Waals surface area contributed by atoms with Gasteiger partial charge in [-0.15, -0.1) is 0 Å². The van der Waals surface area contributed by atoms with Crippen LogP contribution in [0.3, 0.4) is 0 Å². The lowest BCUT2D eigenvalue weighted by Gasteiger charge is -2.22. The van der Waals surface area contributed by atoms with Gasteiger partial charge in [0.15, 0.2) is 0 Å². The lowest BCUT2D eigenvalue weighted by molar-refractivity contribution is 0.254. The van der Waals surface area contributed by atoms with Gasteiger partial charge in [0.25, 0.3) is 0 Å². The zero-order valence-electron chi connectivity index (χ0n) is 20.6. The molecule has 0 aliphatic carbocycles. The van der Waals surface area contributed by atoms with Crippen molar-refractivity contribution in [3.05, 3.63) is 0 Å². The highest BCUT2D eigenvalue weighted by Crippen LogP contribution is 2.14. The molecular weight excluding hydrogens is 338 g/mol. The van der Waals surface area contributed by atoms with Crippen LogP contribution in [-0.4, -0.2) is 24.5 Å². The Morgan fingerprint density at radius 2 is 0.750 bits per heavy atom. The second-order valence-corrected chi connectivity index (χ2v) is 9.68. The highest BCUT2D eigenvalue weighted by Gasteiger charge is 2.04. The van der Waals surface area contributed by atoms with Gasteiger partial charge in [0.05, 0.1) is 0 Å². The van der Waals surface area contributed by atoms with Crippen molar-refractivity contribution in [2.75, 3.05) is 19.6 Å². The molecule has 0 saturated carbocycles. The first kappa shape index (κ1) is 28.0. The number of hydrogen-bond donors (Lipinski definition) is 0. The van der Waals surface area contributed by atoms with Crippen molar-refractivity contribution in [2.24, 2.45) is 5.92 Å². The molecule has 0 amide bonds. The van der Waals surface area contributed by atoms with Crippen LogP contribution in [0.2, 0.25) is 0 Å². The van der Waals surface area contributed by atoms with E-state index in [1.54, 1.807) is 0 Å². The van der Waals surface area contributed by atoms with Gasteiger partial charge in [-0.2, -0.15) is 0 Å². The van der Waals surface area contributed by atoms with E-state index < -0.39 is 0 Å². The average molecular weight is 396 g/mol. The Morgan fingerprint density at radius 1 is 0.429 bits per heavy atom. The van der Waals surface area contributed by atoms with E-state index in [1.807, 2.05) is 0 Å². The summed E-state index contributed by atoms with van der Waals surface area (Å²) in [7, 11) is 0. The van der Waals surface area contributed by atoms with Crippen molar-refractivity contribution in [1.82, 2.24) is 4.90 Å². The summed E-state index contributed by atoms with van der Waals surface area (Å²) in [6, 6.07) is 0. The molecule has 0 N–H and O–H groups in total. The lowest BCUT2D eigenvalue weighted by atomic mass is 10.0. The molecular formula is C27H57N. The second kappa shape index (κ2) is 23.2. The minimum atomic E-state index is 0.892. The van der Waals surface area contributed by atoms with Gasteiger partial charge < -0.3 is 4.90 Å². The molecule has 0 spiro atoms. The molecule has 0 aromatic rings. The van der Waals surface area contributed by atoms with Crippen LogP contribution in [0.5, 0.6) is 0 Å². The van der Waals surface area contributed by atoms with E-state index in [1.165, 1.54) is 142 Å². The topological polar surface area (TPSA) is 3.24 Å². The van der Waals surface area contributed by atoms with Gasteiger partial charge in [0.1, 0.15) is 0 Å². The average Bonchev–Trinajstić information content (AvgIpc) is 2.68. The van der Waals surface area contributed by atoms with Gasteiger partial charge in [0, 0.05) is 0 Å². The fourth-order valence-corrected chi connectivity index (χ4v) is 4.16. The summed E-state index contributed by atoms with van der Waals surface area (Å²) in [5.74, 6) is 0.892. The number of nitrogens with zero attached hydrogens (tertiary/aromatic N) is 1. The summed E-state index contributed by atoms with van der Waals surface area (Å²) in [6.45, 7) is 13.4. The van der Waals surface area contributed by atoms with Gasteiger partial charge in [0.2, 0.25) is 0 Å². The van der Waals surface area contributed by atoms with Crippen LogP contribution in [0.25, 0.3) is 0 Å². The van der Waals surface area contributed by atoms with Crippen molar-refractivity contribution in [2.45, 2.75) is 150 Å². The van der Waals surface area contributed by atoms with E-state index in [0.29, 0.717) is 0 Å². The number of unbranched alkanes of at least 4 members (excludes halogenated alkanes) is 15. The van der Waals surface area contributed by atoms with Crippen molar-refractivity contribution >= 4 is 0 Å². The fourth-order valence-electron chi connectivity index (χ4n) is 4.16. The van der Waals surface area contributed by atoms with Crippen LogP contribution >= 0.6 is 0 Å². The Hall–Kier alpha value is -0.0400. The predicted octanol–water partition coefficient (Wildman–Crippen LogP) is 9.40. The number of rotatable bonds is 23. The standard InChI is InChI=1S/C27H57N/c1-5-7-9-20-24-28(25-21-10-8-6-2)26-22-18-16-14-12-11-13-15-17-19-23-27(3)4/h27H,5-26H2,1-4H3. The Morgan fingerprint density at radius 3 is 1.11 bits per heavy atom. The molecule has 1 heteroatoms. The maximum atomic E-state index is 2.78. The van der Waals surface area contributed by atoms with E-state index in [-0.39, 0.29) is 0 Å². The minimum Gasteiger partial charge on any atom is -0.303 e. The molecule has 1 nitrogen and oxygen atoms in total. The maximum absolute atomic E-state index is 2.78. The van der Waals surface area contributed by atoms with Crippen LogP contribution in [-0.2, 0) is 0 Å². The van der Waals surface area contributed by atoms with Crippen LogP contribution in [0.15, 0.2) is 0 Å². The molecule has 0 radical (unpaired) electrons. The largest absolute Gasteiger partial charge is 0.303 e. The summed E-state index contributed by atoms with van der Waals surface area (Å²) in [5, 5.41) is 0. The van der Waals surface area contributed by atoms with Gasteiger partial charge in [-0.05, 0) is 44.8 Å². The van der Waals surface area contributed by atoms with E-state index in [9.17, 15) is 0 Å². The third-order valence-corrected chi connectivity index (χ3v) is 6.16. The van der Waals surface area contributed by atoms with Gasteiger partial charge in [-0.3, -0.25) is 0 Å². The number of hydrogen-bond acceptors (Lipinski definition) is 1. The first-order valence-electron chi connectivity index (χ1n) is 13.4. The molecule has 0 saturated heterocycles. The summed E-state index contributed by atoms with van der Waals surface area (Å²) < 4.78 is 0. The summed E-state index contributed by atoms with van der Waals surface area (Å²) in [5.41, 5.74) is 0. The molecule has 0 aromatic heterocycles. The Labute approximate surface area is 180 Å². The molecule has 0 aromatic carbocycles. The molecule has 0 heterocycles. The minimum absolute atomic E-state index is 0.892. The molecule has 0 rings (SSSR count). The zero-order valence-corrected chi connectivity index (χ0v) is 20.6. The lowest BCUT2D eigenvalue weighted by Crippen LogP contribution is -2.27. The third-order valence-electron chi connectivity index (χ3n) is 6.16. The molecule has 0 aliphatic heterocycles. The summed E-state index contributed by atoms with van der Waals surface area (Å²) >= 11 is 0. The predicted molar refractivity (Wildman–Crippen MR) is 130 cm³/mol. The van der Waals surface area contributed by atoms with Gasteiger partial charge in [-0.25, -0.2) is 0 Å². The van der Waals surface area contributed by atoms with Crippen LogP contribution < -0.4 is 0 Å². The fraction of sp³-hybridized carbons (Fsp3) is 1.00. The van der Waals surface area contributed by atoms with Crippen LogP contribution in [0.1, 0.15) is 150 Å². The van der Waals surface area contributed by atoms with Crippen molar-refractivity contribution in [3.63, 3.8) is 0 Å². The first-order chi connectivity index (χ1) is 13.7. The van der Waals surface area contributed by atoms with Crippen LogP contribution in [0, 0.1) is 5.92 Å². The SMILES string of the molecule is CCCCCCN(CCCCCC)CCCCCCCCCCCCC(C)C. The van der Waals surface area contributed by atoms with E-state index in [0.717, 1.165) is 5.92 Å². The highest BCUT2D eigenvalue weighted by atomic mass is 15.1. The van der Waals surface area contributed by atoms with Crippen molar-refractivity contribution < 1.29 is 0 Å². The Bertz CT molecular complexity index is 261. The Kier molecular flexibility index (Phi) is 23.2. The third kappa shape index (κ3) is 22.3. The molecule has 28 heavy (non-hydrogen) atoms. The molecule has 0 bridgehead atoms. The second-order valence-electron chi connectivity index (χ2n) is 9.68. The quantitative estimate of drug-likeness (QED) is 0.156.